The molecule has 1 amide bonds. The lowest BCUT2D eigenvalue weighted by molar-refractivity contribution is 0.0615. The summed E-state index contributed by atoms with van der Waals surface area (Å²) < 4.78 is 1.72. The average molecular weight is 306 g/mol. The number of carbonyl (C=O) groups is 1. The molecule has 6 nitrogen and oxygen atoms in total. The van der Waals surface area contributed by atoms with Gasteiger partial charge in [-0.25, -0.2) is 0 Å². The van der Waals surface area contributed by atoms with E-state index in [1.807, 2.05) is 13.8 Å². The maximum Gasteiger partial charge on any atom is 0.269 e. The maximum atomic E-state index is 12.5. The number of likely N-dealkylation sites (tertiary alicyclic amines) is 1. The Morgan fingerprint density at radius 1 is 1.36 bits per heavy atom. The second-order valence-corrected chi connectivity index (χ2v) is 6.71. The van der Waals surface area contributed by atoms with Crippen LogP contribution in [0.4, 0.5) is 0 Å². The lowest BCUT2D eigenvalue weighted by Crippen LogP contribution is -2.48. The SMILES string of the molecule is CC(C)n1nccc1C(=O)N[C@@H]1CC[C@@H](N2CCCC2)[C@@H]1O. The Kier molecular flexibility index (Phi) is 4.49. The van der Waals surface area contributed by atoms with E-state index >= 15 is 0 Å². The van der Waals surface area contributed by atoms with Gasteiger partial charge in [0.25, 0.3) is 5.91 Å². The first-order valence-electron chi connectivity index (χ1n) is 8.34. The van der Waals surface area contributed by atoms with Crippen LogP contribution in [0.2, 0.25) is 0 Å². The molecule has 1 aromatic heterocycles. The molecule has 1 aromatic rings. The fourth-order valence-electron chi connectivity index (χ4n) is 3.74. The van der Waals surface area contributed by atoms with Crippen molar-refractivity contribution < 1.29 is 9.90 Å². The standard InChI is InChI=1S/C16H26N4O2/c1-11(2)20-14(7-8-17-20)16(22)18-12-5-6-13(15(12)21)19-9-3-4-10-19/h7-8,11-13,15,21H,3-6,9-10H2,1-2H3,(H,18,22)/t12-,13-,15-/m1/s1. The number of nitrogens with zero attached hydrogens (tertiary/aromatic N) is 3. The van der Waals surface area contributed by atoms with Crippen LogP contribution in [0.25, 0.3) is 0 Å². The molecule has 6 heteroatoms. The van der Waals surface area contributed by atoms with Crippen molar-refractivity contribution >= 4 is 5.91 Å². The van der Waals surface area contributed by atoms with Gasteiger partial charge < -0.3 is 10.4 Å². The first-order chi connectivity index (χ1) is 10.6. The molecule has 2 N–H and O–H groups in total. The molecule has 1 aliphatic carbocycles. The number of amides is 1. The molecule has 2 fully saturated rings. The Morgan fingerprint density at radius 2 is 2.09 bits per heavy atom. The average Bonchev–Trinajstić information content (AvgIpc) is 3.19. The Hall–Kier alpha value is -1.40. The van der Waals surface area contributed by atoms with Gasteiger partial charge in [-0.05, 0) is 58.7 Å². The summed E-state index contributed by atoms with van der Waals surface area (Å²) >= 11 is 0. The molecule has 0 radical (unpaired) electrons. The summed E-state index contributed by atoms with van der Waals surface area (Å²) in [6.07, 6.45) is 5.39. The Morgan fingerprint density at radius 3 is 2.77 bits per heavy atom. The van der Waals surface area contributed by atoms with E-state index in [2.05, 4.69) is 15.3 Å². The zero-order valence-electron chi connectivity index (χ0n) is 13.4. The summed E-state index contributed by atoms with van der Waals surface area (Å²) in [5, 5.41) is 17.8. The molecule has 0 aromatic carbocycles. The van der Waals surface area contributed by atoms with Gasteiger partial charge >= 0.3 is 0 Å². The molecule has 2 aliphatic rings. The van der Waals surface area contributed by atoms with Crippen LogP contribution >= 0.6 is 0 Å². The third-order valence-electron chi connectivity index (χ3n) is 4.90. The highest BCUT2D eigenvalue weighted by Crippen LogP contribution is 2.27. The number of aliphatic hydroxyl groups excluding tert-OH is 1. The molecule has 0 spiro atoms. The number of rotatable bonds is 4. The van der Waals surface area contributed by atoms with Crippen LogP contribution in [0.3, 0.4) is 0 Å². The molecule has 22 heavy (non-hydrogen) atoms. The van der Waals surface area contributed by atoms with E-state index in [-0.39, 0.29) is 24.0 Å². The van der Waals surface area contributed by atoms with Gasteiger partial charge in [-0.1, -0.05) is 0 Å². The largest absolute Gasteiger partial charge is 0.389 e. The first kappa shape index (κ1) is 15.5. The van der Waals surface area contributed by atoms with E-state index in [0.29, 0.717) is 5.69 Å². The van der Waals surface area contributed by atoms with Crippen molar-refractivity contribution in [1.29, 1.82) is 0 Å². The summed E-state index contributed by atoms with van der Waals surface area (Å²) in [6.45, 7) is 6.14. The molecule has 1 saturated carbocycles. The number of aliphatic hydroxyl groups is 1. The van der Waals surface area contributed by atoms with Crippen molar-refractivity contribution in [2.24, 2.45) is 0 Å². The number of carbonyl (C=O) groups excluding carboxylic acids is 1. The third kappa shape index (κ3) is 2.90. The molecular weight excluding hydrogens is 280 g/mol. The fraction of sp³-hybridized carbons (Fsp3) is 0.750. The third-order valence-corrected chi connectivity index (χ3v) is 4.90. The minimum Gasteiger partial charge on any atom is -0.389 e. The van der Waals surface area contributed by atoms with Gasteiger partial charge in [0.05, 0.1) is 12.1 Å². The zero-order valence-corrected chi connectivity index (χ0v) is 13.4. The lowest BCUT2D eigenvalue weighted by atomic mass is 10.1. The van der Waals surface area contributed by atoms with E-state index in [4.69, 9.17) is 0 Å². The number of hydrogen-bond acceptors (Lipinski definition) is 4. The minimum absolute atomic E-state index is 0.140. The molecule has 3 rings (SSSR count). The van der Waals surface area contributed by atoms with E-state index in [1.54, 1.807) is 16.9 Å². The highest BCUT2D eigenvalue weighted by Gasteiger charge is 2.39. The van der Waals surface area contributed by atoms with Crippen LogP contribution in [-0.2, 0) is 0 Å². The highest BCUT2D eigenvalue weighted by molar-refractivity contribution is 5.92. The van der Waals surface area contributed by atoms with Crippen molar-refractivity contribution in [2.45, 2.75) is 63.8 Å². The van der Waals surface area contributed by atoms with Crippen molar-refractivity contribution in [1.82, 2.24) is 20.0 Å². The van der Waals surface area contributed by atoms with Gasteiger partial charge in [-0.2, -0.15) is 5.10 Å². The molecule has 1 saturated heterocycles. The van der Waals surface area contributed by atoms with Crippen molar-refractivity contribution in [3.63, 3.8) is 0 Å². The Bertz CT molecular complexity index is 522. The summed E-state index contributed by atoms with van der Waals surface area (Å²) in [5.74, 6) is -0.141. The molecule has 1 aliphatic heterocycles. The maximum absolute atomic E-state index is 12.5. The lowest BCUT2D eigenvalue weighted by Gasteiger charge is -2.28. The van der Waals surface area contributed by atoms with Crippen molar-refractivity contribution in [3.05, 3.63) is 18.0 Å². The number of nitrogens with one attached hydrogen (secondary N) is 1. The van der Waals surface area contributed by atoms with Gasteiger partial charge in [0.2, 0.25) is 0 Å². The smallest absolute Gasteiger partial charge is 0.269 e. The first-order valence-corrected chi connectivity index (χ1v) is 8.34. The van der Waals surface area contributed by atoms with Crippen LogP contribution in [0.15, 0.2) is 12.3 Å². The predicted octanol–water partition coefficient (Wildman–Crippen LogP) is 1.18. The summed E-state index contributed by atoms with van der Waals surface area (Å²) in [5.41, 5.74) is 0.562. The van der Waals surface area contributed by atoms with Gasteiger partial charge in [-0.3, -0.25) is 14.4 Å². The van der Waals surface area contributed by atoms with Crippen LogP contribution in [-0.4, -0.2) is 57.0 Å². The summed E-state index contributed by atoms with van der Waals surface area (Å²) in [4.78, 5) is 14.8. The quantitative estimate of drug-likeness (QED) is 0.876. The molecular formula is C16H26N4O2. The van der Waals surface area contributed by atoms with E-state index in [9.17, 15) is 9.90 Å². The van der Waals surface area contributed by atoms with E-state index in [1.165, 1.54) is 12.8 Å². The van der Waals surface area contributed by atoms with Crippen LogP contribution in [0.5, 0.6) is 0 Å². The highest BCUT2D eigenvalue weighted by atomic mass is 16.3. The fourth-order valence-corrected chi connectivity index (χ4v) is 3.74. The van der Waals surface area contributed by atoms with E-state index in [0.717, 1.165) is 25.9 Å². The second kappa shape index (κ2) is 6.38. The number of hydrogen-bond donors (Lipinski definition) is 2. The topological polar surface area (TPSA) is 70.4 Å². The number of aromatic nitrogens is 2. The zero-order chi connectivity index (χ0) is 15.7. The van der Waals surface area contributed by atoms with Gasteiger partial charge in [-0.15, -0.1) is 0 Å². The van der Waals surface area contributed by atoms with Gasteiger partial charge in [0, 0.05) is 18.3 Å². The van der Waals surface area contributed by atoms with Gasteiger partial charge in [0.1, 0.15) is 5.69 Å². The van der Waals surface area contributed by atoms with Crippen LogP contribution < -0.4 is 5.32 Å². The van der Waals surface area contributed by atoms with Crippen molar-refractivity contribution in [2.75, 3.05) is 13.1 Å². The molecule has 0 unspecified atom stereocenters. The predicted molar refractivity (Wildman–Crippen MR) is 83.7 cm³/mol. The van der Waals surface area contributed by atoms with Gasteiger partial charge in [0.15, 0.2) is 0 Å². The summed E-state index contributed by atoms with van der Waals surface area (Å²) in [7, 11) is 0. The second-order valence-electron chi connectivity index (χ2n) is 6.71. The summed E-state index contributed by atoms with van der Waals surface area (Å²) in [6, 6.07) is 1.91. The Labute approximate surface area is 131 Å². The minimum atomic E-state index is -0.475. The van der Waals surface area contributed by atoms with Crippen LogP contribution in [0.1, 0.15) is 56.1 Å². The Balaban J connectivity index is 1.63. The molecule has 2 heterocycles. The van der Waals surface area contributed by atoms with E-state index < -0.39 is 6.10 Å². The molecule has 0 bridgehead atoms. The normalized spacial score (nSPS) is 29.4. The van der Waals surface area contributed by atoms with Crippen LogP contribution in [0, 0.1) is 0 Å². The molecule has 122 valence electrons. The van der Waals surface area contributed by atoms with Crippen molar-refractivity contribution in [3.8, 4) is 0 Å². The monoisotopic (exact) mass is 306 g/mol. The molecule has 3 atom stereocenters.